The Morgan fingerprint density at radius 1 is 1.20 bits per heavy atom. The summed E-state index contributed by atoms with van der Waals surface area (Å²) < 4.78 is 5.81. The Morgan fingerprint density at radius 3 is 2.80 bits per heavy atom. The fraction of sp³-hybridized carbons (Fsp3) is 0.647. The lowest BCUT2D eigenvalue weighted by Crippen LogP contribution is -2.54. The van der Waals surface area contributed by atoms with Crippen LogP contribution in [0.25, 0.3) is 0 Å². The number of para-hydroxylation sites is 1. The molecule has 1 aromatic carbocycles. The number of nitrogens with zero attached hydrogens (tertiary/aromatic N) is 1. The molecule has 20 heavy (non-hydrogen) atoms. The van der Waals surface area contributed by atoms with Crippen molar-refractivity contribution in [1.29, 1.82) is 0 Å². The maximum absolute atomic E-state index is 5.81. The number of hydrogen-bond acceptors (Lipinski definition) is 3. The number of rotatable bonds is 2. The second-order valence-electron chi connectivity index (χ2n) is 6.21. The Morgan fingerprint density at radius 2 is 2.00 bits per heavy atom. The van der Waals surface area contributed by atoms with E-state index in [0.717, 1.165) is 18.8 Å². The average molecular weight is 274 g/mol. The van der Waals surface area contributed by atoms with Gasteiger partial charge in [-0.05, 0) is 32.4 Å². The molecule has 0 spiro atoms. The fourth-order valence-corrected chi connectivity index (χ4v) is 3.91. The van der Waals surface area contributed by atoms with Crippen molar-refractivity contribution in [3.8, 4) is 5.75 Å². The van der Waals surface area contributed by atoms with Crippen molar-refractivity contribution >= 4 is 0 Å². The minimum atomic E-state index is 0.523. The Kier molecular flexibility index (Phi) is 3.99. The Labute approximate surface area is 122 Å². The molecular weight excluding hydrogens is 248 g/mol. The monoisotopic (exact) mass is 274 g/mol. The van der Waals surface area contributed by atoms with Crippen molar-refractivity contribution in [2.45, 2.75) is 44.8 Å². The Bertz CT molecular complexity index is 462. The summed E-state index contributed by atoms with van der Waals surface area (Å²) in [5.41, 5.74) is 1.38. The number of benzene rings is 1. The van der Waals surface area contributed by atoms with Crippen LogP contribution >= 0.6 is 0 Å². The van der Waals surface area contributed by atoms with Crippen LogP contribution in [0.2, 0.25) is 0 Å². The van der Waals surface area contributed by atoms with Gasteiger partial charge in [-0.2, -0.15) is 0 Å². The molecule has 0 aliphatic carbocycles. The average Bonchev–Trinajstić information content (AvgIpc) is 2.50. The SMILES string of the molecule is CNC1CCN(C2CCOc3ccccc32)C(C)C1C. The van der Waals surface area contributed by atoms with Crippen molar-refractivity contribution in [2.75, 3.05) is 20.2 Å². The van der Waals surface area contributed by atoms with Gasteiger partial charge in [-0.15, -0.1) is 0 Å². The van der Waals surface area contributed by atoms with E-state index in [1.54, 1.807) is 0 Å². The van der Waals surface area contributed by atoms with E-state index in [1.807, 2.05) is 0 Å². The van der Waals surface area contributed by atoms with Gasteiger partial charge in [0.05, 0.1) is 6.61 Å². The maximum Gasteiger partial charge on any atom is 0.124 e. The van der Waals surface area contributed by atoms with Crippen LogP contribution in [-0.4, -0.2) is 37.2 Å². The summed E-state index contributed by atoms with van der Waals surface area (Å²) in [5.74, 6) is 1.77. The topological polar surface area (TPSA) is 24.5 Å². The number of nitrogens with one attached hydrogen (secondary N) is 1. The van der Waals surface area contributed by atoms with E-state index in [4.69, 9.17) is 4.74 Å². The number of fused-ring (bicyclic) bond motifs is 1. The summed E-state index contributed by atoms with van der Waals surface area (Å²) in [6, 6.07) is 10.3. The first-order valence-corrected chi connectivity index (χ1v) is 7.87. The minimum Gasteiger partial charge on any atom is -0.493 e. The summed E-state index contributed by atoms with van der Waals surface area (Å²) in [4.78, 5) is 2.69. The third-order valence-electron chi connectivity index (χ3n) is 5.32. The van der Waals surface area contributed by atoms with Crippen LogP contribution in [0.1, 0.15) is 38.3 Å². The zero-order valence-corrected chi connectivity index (χ0v) is 12.8. The van der Waals surface area contributed by atoms with Gasteiger partial charge in [0.25, 0.3) is 0 Å². The summed E-state index contributed by atoms with van der Waals surface area (Å²) >= 11 is 0. The van der Waals surface area contributed by atoms with Crippen molar-refractivity contribution in [2.24, 2.45) is 5.92 Å². The predicted octanol–water partition coefficient (Wildman–Crippen LogP) is 2.83. The van der Waals surface area contributed by atoms with Gasteiger partial charge >= 0.3 is 0 Å². The van der Waals surface area contributed by atoms with Gasteiger partial charge in [0.2, 0.25) is 0 Å². The lowest BCUT2D eigenvalue weighted by molar-refractivity contribution is 0.0309. The molecule has 0 amide bonds. The van der Waals surface area contributed by atoms with Crippen molar-refractivity contribution in [3.63, 3.8) is 0 Å². The van der Waals surface area contributed by atoms with E-state index in [2.05, 4.69) is 55.4 Å². The van der Waals surface area contributed by atoms with Gasteiger partial charge in [0.1, 0.15) is 5.75 Å². The number of likely N-dealkylation sites (tertiary alicyclic amines) is 1. The number of ether oxygens (including phenoxy) is 1. The van der Waals surface area contributed by atoms with Crippen LogP contribution in [0.3, 0.4) is 0 Å². The third-order valence-corrected chi connectivity index (χ3v) is 5.32. The van der Waals surface area contributed by atoms with Gasteiger partial charge in [0.15, 0.2) is 0 Å². The second kappa shape index (κ2) is 5.74. The van der Waals surface area contributed by atoms with Gasteiger partial charge in [-0.3, -0.25) is 4.90 Å². The normalized spacial score (nSPS) is 34.4. The molecule has 1 aromatic rings. The largest absolute Gasteiger partial charge is 0.493 e. The molecule has 0 radical (unpaired) electrons. The van der Waals surface area contributed by atoms with Gasteiger partial charge < -0.3 is 10.1 Å². The summed E-state index contributed by atoms with van der Waals surface area (Å²) in [5, 5.41) is 3.48. The standard InChI is InChI=1S/C17H26N2O/c1-12-13(2)19(10-8-15(12)18-3)16-9-11-20-17-7-5-4-6-14(16)17/h4-7,12-13,15-16,18H,8-11H2,1-3H3. The first-order chi connectivity index (χ1) is 9.72. The Hall–Kier alpha value is -1.06. The maximum atomic E-state index is 5.81. The van der Waals surface area contributed by atoms with Crippen molar-refractivity contribution in [3.05, 3.63) is 29.8 Å². The molecule has 2 heterocycles. The summed E-state index contributed by atoms with van der Waals surface area (Å²) in [6.07, 6.45) is 2.35. The van der Waals surface area contributed by atoms with Crippen LogP contribution in [0.15, 0.2) is 24.3 Å². The van der Waals surface area contributed by atoms with E-state index in [-0.39, 0.29) is 0 Å². The van der Waals surface area contributed by atoms with Crippen LogP contribution in [0, 0.1) is 5.92 Å². The van der Waals surface area contributed by atoms with E-state index < -0.39 is 0 Å². The molecule has 1 saturated heterocycles. The highest BCUT2D eigenvalue weighted by atomic mass is 16.5. The van der Waals surface area contributed by atoms with E-state index in [0.29, 0.717) is 24.0 Å². The highest BCUT2D eigenvalue weighted by molar-refractivity contribution is 5.37. The van der Waals surface area contributed by atoms with Crippen LogP contribution in [0.5, 0.6) is 5.75 Å². The van der Waals surface area contributed by atoms with Crippen molar-refractivity contribution in [1.82, 2.24) is 10.2 Å². The molecule has 4 unspecified atom stereocenters. The van der Waals surface area contributed by atoms with E-state index >= 15 is 0 Å². The smallest absolute Gasteiger partial charge is 0.124 e. The molecule has 0 bridgehead atoms. The van der Waals surface area contributed by atoms with Crippen LogP contribution in [-0.2, 0) is 0 Å². The molecule has 110 valence electrons. The molecule has 1 fully saturated rings. The molecule has 3 heteroatoms. The van der Waals surface area contributed by atoms with Gasteiger partial charge in [-0.1, -0.05) is 25.1 Å². The summed E-state index contributed by atoms with van der Waals surface area (Å²) in [7, 11) is 2.09. The zero-order chi connectivity index (χ0) is 14.1. The first kappa shape index (κ1) is 13.9. The van der Waals surface area contributed by atoms with Gasteiger partial charge in [0, 0.05) is 36.7 Å². The molecule has 4 atom stereocenters. The van der Waals surface area contributed by atoms with Crippen molar-refractivity contribution < 1.29 is 4.74 Å². The predicted molar refractivity (Wildman–Crippen MR) is 82.1 cm³/mol. The van der Waals surface area contributed by atoms with Crippen LogP contribution in [0.4, 0.5) is 0 Å². The fourth-order valence-electron chi connectivity index (χ4n) is 3.91. The minimum absolute atomic E-state index is 0.523. The quantitative estimate of drug-likeness (QED) is 0.897. The molecule has 0 saturated carbocycles. The van der Waals surface area contributed by atoms with Gasteiger partial charge in [-0.25, -0.2) is 0 Å². The lowest BCUT2D eigenvalue weighted by Gasteiger charge is -2.47. The third kappa shape index (κ3) is 2.33. The molecule has 0 aromatic heterocycles. The molecule has 1 N–H and O–H groups in total. The zero-order valence-electron chi connectivity index (χ0n) is 12.8. The van der Waals surface area contributed by atoms with Crippen LogP contribution < -0.4 is 10.1 Å². The van der Waals surface area contributed by atoms with E-state index in [9.17, 15) is 0 Å². The number of hydrogen-bond donors (Lipinski definition) is 1. The highest BCUT2D eigenvalue weighted by Gasteiger charge is 2.37. The molecule has 2 aliphatic heterocycles. The van der Waals surface area contributed by atoms with E-state index in [1.165, 1.54) is 18.5 Å². The molecule has 2 aliphatic rings. The first-order valence-electron chi connectivity index (χ1n) is 7.87. The second-order valence-corrected chi connectivity index (χ2v) is 6.21. The molecule has 3 nitrogen and oxygen atoms in total. The Balaban J connectivity index is 1.84. The number of piperidine rings is 1. The molecular formula is C17H26N2O. The lowest BCUT2D eigenvalue weighted by atomic mass is 9.84. The highest BCUT2D eigenvalue weighted by Crippen LogP contribution is 2.39. The molecule has 3 rings (SSSR count). The summed E-state index contributed by atoms with van der Waals surface area (Å²) in [6.45, 7) is 6.78.